The van der Waals surface area contributed by atoms with E-state index in [9.17, 15) is 0 Å². The molecular weight excluding hydrogens is 338 g/mol. The zero-order valence-corrected chi connectivity index (χ0v) is 13.4. The minimum Gasteiger partial charge on any atom is -0.419 e. The fourth-order valence-corrected chi connectivity index (χ4v) is 2.65. The Bertz CT molecular complexity index is 559. The second-order valence-corrected chi connectivity index (χ2v) is 6.03. The first kappa shape index (κ1) is 15.3. The van der Waals surface area contributed by atoms with Crippen LogP contribution in [-0.2, 0) is 6.54 Å². The standard InChI is InChI=1S/C14H16BrN3OS/c1-2-8-20-9-7-16-10-13-17-18-14(19-13)11-5-3-4-6-12(11)15/h2-6,16H,1,7-10H2. The summed E-state index contributed by atoms with van der Waals surface area (Å²) < 4.78 is 6.59. The molecule has 0 aliphatic carbocycles. The van der Waals surface area contributed by atoms with Gasteiger partial charge in [0.2, 0.25) is 11.8 Å². The van der Waals surface area contributed by atoms with Gasteiger partial charge in [0, 0.05) is 22.5 Å². The Morgan fingerprint density at radius 1 is 1.35 bits per heavy atom. The molecule has 0 aliphatic rings. The highest BCUT2D eigenvalue weighted by Gasteiger charge is 2.10. The molecule has 0 spiro atoms. The Labute approximate surface area is 131 Å². The van der Waals surface area contributed by atoms with E-state index in [1.807, 2.05) is 42.1 Å². The molecule has 0 saturated heterocycles. The van der Waals surface area contributed by atoms with Gasteiger partial charge in [0.1, 0.15) is 0 Å². The Morgan fingerprint density at radius 2 is 2.20 bits per heavy atom. The van der Waals surface area contributed by atoms with Crippen LogP contribution in [0.3, 0.4) is 0 Å². The van der Waals surface area contributed by atoms with E-state index >= 15 is 0 Å². The molecule has 0 atom stereocenters. The number of benzene rings is 1. The van der Waals surface area contributed by atoms with Crippen LogP contribution in [0.25, 0.3) is 11.5 Å². The Kier molecular flexibility index (Phi) is 6.29. The van der Waals surface area contributed by atoms with Crippen LogP contribution in [0.2, 0.25) is 0 Å². The highest BCUT2D eigenvalue weighted by atomic mass is 79.9. The summed E-state index contributed by atoms with van der Waals surface area (Å²) in [6.45, 7) is 5.18. The molecule has 0 aliphatic heterocycles. The van der Waals surface area contributed by atoms with E-state index in [4.69, 9.17) is 4.42 Å². The van der Waals surface area contributed by atoms with Crippen LogP contribution in [0.4, 0.5) is 0 Å². The number of hydrogen-bond donors (Lipinski definition) is 1. The number of nitrogens with zero attached hydrogens (tertiary/aromatic N) is 2. The third-order valence-corrected chi connectivity index (χ3v) is 4.16. The molecule has 4 nitrogen and oxygen atoms in total. The predicted octanol–water partition coefficient (Wildman–Crippen LogP) is 3.51. The molecule has 0 bridgehead atoms. The van der Waals surface area contributed by atoms with Gasteiger partial charge in [-0.1, -0.05) is 18.2 Å². The number of halogens is 1. The maximum absolute atomic E-state index is 5.64. The summed E-state index contributed by atoms with van der Waals surface area (Å²) in [6, 6.07) is 7.79. The van der Waals surface area contributed by atoms with Crippen molar-refractivity contribution in [3.8, 4) is 11.5 Å². The fraction of sp³-hybridized carbons (Fsp3) is 0.286. The molecule has 0 unspecified atom stereocenters. The summed E-state index contributed by atoms with van der Waals surface area (Å²) in [5.74, 6) is 3.16. The summed E-state index contributed by atoms with van der Waals surface area (Å²) in [4.78, 5) is 0. The van der Waals surface area contributed by atoms with Gasteiger partial charge in [-0.05, 0) is 28.1 Å². The summed E-state index contributed by atoms with van der Waals surface area (Å²) in [6.07, 6.45) is 1.91. The summed E-state index contributed by atoms with van der Waals surface area (Å²) in [7, 11) is 0. The molecule has 6 heteroatoms. The first-order valence-electron chi connectivity index (χ1n) is 6.28. The third-order valence-electron chi connectivity index (χ3n) is 2.51. The van der Waals surface area contributed by atoms with Crippen molar-refractivity contribution in [2.75, 3.05) is 18.1 Å². The Hall–Kier alpha value is -1.11. The SMILES string of the molecule is C=CCSCCNCc1nnc(-c2ccccc2Br)o1. The quantitative estimate of drug-likeness (QED) is 0.581. The molecule has 2 rings (SSSR count). The van der Waals surface area contributed by atoms with E-state index in [0.29, 0.717) is 18.3 Å². The normalized spacial score (nSPS) is 10.7. The highest BCUT2D eigenvalue weighted by molar-refractivity contribution is 9.10. The van der Waals surface area contributed by atoms with Gasteiger partial charge in [-0.15, -0.1) is 16.8 Å². The number of hydrogen-bond acceptors (Lipinski definition) is 5. The topological polar surface area (TPSA) is 51.0 Å². The minimum atomic E-state index is 0.537. The van der Waals surface area contributed by atoms with Gasteiger partial charge in [0.15, 0.2) is 0 Å². The van der Waals surface area contributed by atoms with E-state index in [2.05, 4.69) is 38.0 Å². The zero-order chi connectivity index (χ0) is 14.2. The molecule has 0 saturated carbocycles. The third kappa shape index (κ3) is 4.47. The molecule has 20 heavy (non-hydrogen) atoms. The van der Waals surface area contributed by atoms with Crippen molar-refractivity contribution in [1.29, 1.82) is 0 Å². The van der Waals surface area contributed by atoms with Gasteiger partial charge in [-0.3, -0.25) is 0 Å². The van der Waals surface area contributed by atoms with Crippen molar-refractivity contribution in [3.63, 3.8) is 0 Å². The van der Waals surface area contributed by atoms with Crippen LogP contribution in [0.1, 0.15) is 5.89 Å². The van der Waals surface area contributed by atoms with Crippen molar-refractivity contribution in [3.05, 3.63) is 47.3 Å². The number of nitrogens with one attached hydrogen (secondary N) is 1. The summed E-state index contributed by atoms with van der Waals surface area (Å²) in [5, 5.41) is 11.4. The molecule has 1 heterocycles. The lowest BCUT2D eigenvalue weighted by Crippen LogP contribution is -2.16. The number of aromatic nitrogens is 2. The van der Waals surface area contributed by atoms with Gasteiger partial charge in [0.25, 0.3) is 0 Å². The van der Waals surface area contributed by atoms with Crippen LogP contribution in [-0.4, -0.2) is 28.2 Å². The van der Waals surface area contributed by atoms with Crippen molar-refractivity contribution in [1.82, 2.24) is 15.5 Å². The maximum Gasteiger partial charge on any atom is 0.248 e. The van der Waals surface area contributed by atoms with Crippen molar-refractivity contribution in [2.24, 2.45) is 0 Å². The first-order chi connectivity index (χ1) is 9.81. The smallest absolute Gasteiger partial charge is 0.248 e. The van der Waals surface area contributed by atoms with Gasteiger partial charge in [0.05, 0.1) is 12.1 Å². The second-order valence-electron chi connectivity index (χ2n) is 4.02. The van der Waals surface area contributed by atoms with Gasteiger partial charge in [-0.2, -0.15) is 11.8 Å². The maximum atomic E-state index is 5.64. The monoisotopic (exact) mass is 353 g/mol. The van der Waals surface area contributed by atoms with Crippen LogP contribution < -0.4 is 5.32 Å². The van der Waals surface area contributed by atoms with Crippen molar-refractivity contribution in [2.45, 2.75) is 6.54 Å². The first-order valence-corrected chi connectivity index (χ1v) is 8.22. The van der Waals surface area contributed by atoms with Crippen molar-refractivity contribution < 1.29 is 4.42 Å². The number of thioether (sulfide) groups is 1. The lowest BCUT2D eigenvalue weighted by atomic mass is 10.2. The Balaban J connectivity index is 1.84. The molecule has 0 radical (unpaired) electrons. The average molecular weight is 354 g/mol. The van der Waals surface area contributed by atoms with Crippen LogP contribution in [0, 0.1) is 0 Å². The van der Waals surface area contributed by atoms with E-state index in [1.54, 1.807) is 0 Å². The van der Waals surface area contributed by atoms with Crippen LogP contribution in [0.15, 0.2) is 45.8 Å². The molecule has 1 aromatic carbocycles. The summed E-state index contributed by atoms with van der Waals surface area (Å²) >= 11 is 5.31. The van der Waals surface area contributed by atoms with Crippen molar-refractivity contribution >= 4 is 27.7 Å². The second kappa shape index (κ2) is 8.24. The van der Waals surface area contributed by atoms with E-state index in [-0.39, 0.29) is 0 Å². The van der Waals surface area contributed by atoms with Crippen LogP contribution in [0.5, 0.6) is 0 Å². The molecule has 106 valence electrons. The van der Waals surface area contributed by atoms with E-state index in [0.717, 1.165) is 28.1 Å². The Morgan fingerprint density at radius 3 is 3.00 bits per heavy atom. The number of rotatable bonds is 8. The molecule has 0 fully saturated rings. The fourth-order valence-electron chi connectivity index (χ4n) is 1.57. The summed E-state index contributed by atoms with van der Waals surface area (Å²) in [5.41, 5.74) is 0.910. The lowest BCUT2D eigenvalue weighted by molar-refractivity contribution is 0.482. The van der Waals surface area contributed by atoms with Crippen LogP contribution >= 0.6 is 27.7 Å². The van der Waals surface area contributed by atoms with Gasteiger partial charge >= 0.3 is 0 Å². The minimum absolute atomic E-state index is 0.537. The average Bonchev–Trinajstić information content (AvgIpc) is 2.92. The van der Waals surface area contributed by atoms with E-state index < -0.39 is 0 Å². The molecule has 0 amide bonds. The van der Waals surface area contributed by atoms with E-state index in [1.165, 1.54) is 0 Å². The lowest BCUT2D eigenvalue weighted by Gasteiger charge is -2.00. The largest absolute Gasteiger partial charge is 0.419 e. The van der Waals surface area contributed by atoms with Gasteiger partial charge in [-0.25, -0.2) is 0 Å². The molecule has 1 N–H and O–H groups in total. The van der Waals surface area contributed by atoms with Gasteiger partial charge < -0.3 is 9.73 Å². The zero-order valence-electron chi connectivity index (χ0n) is 11.0. The highest BCUT2D eigenvalue weighted by Crippen LogP contribution is 2.26. The molecule has 2 aromatic rings. The molecule has 1 aromatic heterocycles. The molecular formula is C14H16BrN3OS. The predicted molar refractivity (Wildman–Crippen MR) is 86.7 cm³/mol.